The number of nitrogens with one attached hydrogen (secondary N) is 1. The van der Waals surface area contributed by atoms with Gasteiger partial charge in [-0.25, -0.2) is 4.39 Å². The van der Waals surface area contributed by atoms with Gasteiger partial charge in [0.25, 0.3) is 0 Å². The molecule has 12 heavy (non-hydrogen) atoms. The molecule has 0 heterocycles. The van der Waals surface area contributed by atoms with E-state index >= 15 is 0 Å². The van der Waals surface area contributed by atoms with E-state index in [1.807, 2.05) is 0 Å². The van der Waals surface area contributed by atoms with Crippen LogP contribution in [0.1, 0.15) is 11.7 Å². The van der Waals surface area contributed by atoms with Gasteiger partial charge in [0.05, 0.1) is 6.10 Å². The summed E-state index contributed by atoms with van der Waals surface area (Å²) >= 11 is 0. The van der Waals surface area contributed by atoms with Gasteiger partial charge >= 0.3 is 0 Å². The molecule has 0 saturated heterocycles. The van der Waals surface area contributed by atoms with E-state index < -0.39 is 6.10 Å². The van der Waals surface area contributed by atoms with Crippen LogP contribution in [0.5, 0.6) is 0 Å². The Morgan fingerprint density at radius 1 is 1.58 bits per heavy atom. The van der Waals surface area contributed by atoms with E-state index in [1.54, 1.807) is 19.2 Å². The van der Waals surface area contributed by atoms with E-state index in [2.05, 4.69) is 5.32 Å². The number of benzene rings is 1. The predicted molar refractivity (Wildman–Crippen MR) is 45.3 cm³/mol. The van der Waals surface area contributed by atoms with Gasteiger partial charge in [0.2, 0.25) is 0 Å². The lowest BCUT2D eigenvalue weighted by molar-refractivity contribution is 0.177. The molecule has 0 bridgehead atoms. The van der Waals surface area contributed by atoms with Crippen LogP contribution < -0.4 is 5.32 Å². The number of likely N-dealkylation sites (N-methyl/N-ethyl adjacent to an activating group) is 1. The first-order valence-electron chi connectivity index (χ1n) is 3.82. The number of aliphatic hydroxyl groups is 1. The van der Waals surface area contributed by atoms with Crippen molar-refractivity contribution < 1.29 is 9.50 Å². The van der Waals surface area contributed by atoms with Crippen LogP contribution in [0.2, 0.25) is 0 Å². The maximum absolute atomic E-state index is 12.6. The molecule has 0 radical (unpaired) electrons. The molecule has 0 fully saturated rings. The lowest BCUT2D eigenvalue weighted by Gasteiger charge is -2.09. The molecule has 1 atom stereocenters. The maximum atomic E-state index is 12.6. The van der Waals surface area contributed by atoms with Crippen molar-refractivity contribution in [3.05, 3.63) is 35.6 Å². The normalized spacial score (nSPS) is 12.9. The van der Waals surface area contributed by atoms with Gasteiger partial charge in [-0.05, 0) is 24.7 Å². The van der Waals surface area contributed by atoms with Crippen molar-refractivity contribution in [1.82, 2.24) is 5.32 Å². The second-order valence-electron chi connectivity index (χ2n) is 2.63. The monoisotopic (exact) mass is 169 g/mol. The Labute approximate surface area is 71.0 Å². The molecule has 66 valence electrons. The number of aliphatic hydroxyl groups excluding tert-OH is 1. The van der Waals surface area contributed by atoms with Gasteiger partial charge in [0, 0.05) is 6.54 Å². The van der Waals surface area contributed by atoms with Crippen LogP contribution in [0.25, 0.3) is 0 Å². The average molecular weight is 169 g/mol. The highest BCUT2D eigenvalue weighted by Gasteiger charge is 2.05. The van der Waals surface area contributed by atoms with Crippen LogP contribution in [0, 0.1) is 5.82 Å². The fourth-order valence-corrected chi connectivity index (χ4v) is 1.03. The third-order valence-electron chi connectivity index (χ3n) is 1.63. The van der Waals surface area contributed by atoms with E-state index in [9.17, 15) is 9.50 Å². The Hall–Kier alpha value is -0.930. The summed E-state index contributed by atoms with van der Waals surface area (Å²) in [4.78, 5) is 0. The third kappa shape index (κ3) is 2.29. The summed E-state index contributed by atoms with van der Waals surface area (Å²) in [6.07, 6.45) is -0.634. The minimum atomic E-state index is -0.634. The van der Waals surface area contributed by atoms with E-state index in [4.69, 9.17) is 0 Å². The quantitative estimate of drug-likeness (QED) is 0.709. The summed E-state index contributed by atoms with van der Waals surface area (Å²) in [5, 5.41) is 12.2. The molecule has 1 aromatic carbocycles. The minimum Gasteiger partial charge on any atom is -0.387 e. The molecule has 2 nitrogen and oxygen atoms in total. The Kier molecular flexibility index (Phi) is 3.19. The molecule has 0 unspecified atom stereocenters. The average Bonchev–Trinajstić information content (AvgIpc) is 2.05. The van der Waals surface area contributed by atoms with E-state index in [-0.39, 0.29) is 5.82 Å². The van der Waals surface area contributed by atoms with Gasteiger partial charge in [-0.2, -0.15) is 0 Å². The van der Waals surface area contributed by atoms with Crippen molar-refractivity contribution in [3.63, 3.8) is 0 Å². The highest BCUT2D eigenvalue weighted by molar-refractivity contribution is 5.18. The predicted octanol–water partition coefficient (Wildman–Crippen LogP) is 1.08. The van der Waals surface area contributed by atoms with Crippen molar-refractivity contribution in [1.29, 1.82) is 0 Å². The number of hydrogen-bond donors (Lipinski definition) is 2. The summed E-state index contributed by atoms with van der Waals surface area (Å²) in [5.41, 5.74) is 0.601. The number of rotatable bonds is 3. The van der Waals surface area contributed by atoms with E-state index in [0.717, 1.165) is 0 Å². The number of hydrogen-bond acceptors (Lipinski definition) is 2. The van der Waals surface area contributed by atoms with Gasteiger partial charge in [-0.1, -0.05) is 12.1 Å². The van der Waals surface area contributed by atoms with Gasteiger partial charge < -0.3 is 10.4 Å². The molecular weight excluding hydrogens is 157 g/mol. The summed E-state index contributed by atoms with van der Waals surface area (Å²) in [6.45, 7) is 0.434. The van der Waals surface area contributed by atoms with Gasteiger partial charge in [0.1, 0.15) is 5.82 Å². The van der Waals surface area contributed by atoms with Gasteiger partial charge in [0.15, 0.2) is 0 Å². The fourth-order valence-electron chi connectivity index (χ4n) is 1.03. The summed E-state index contributed by atoms with van der Waals surface area (Å²) in [5.74, 6) is -0.317. The smallest absolute Gasteiger partial charge is 0.123 e. The standard InChI is InChI=1S/C9H12FNO/c1-11-6-9(12)7-3-2-4-8(10)5-7/h2-5,9,11-12H,6H2,1H3/t9-/m1/s1. The number of halogens is 1. The van der Waals surface area contributed by atoms with Crippen LogP contribution >= 0.6 is 0 Å². The molecule has 0 aliphatic heterocycles. The van der Waals surface area contributed by atoms with Crippen molar-refractivity contribution in [2.75, 3.05) is 13.6 Å². The summed E-state index contributed by atoms with van der Waals surface area (Å²) in [6, 6.07) is 5.98. The molecule has 0 amide bonds. The summed E-state index contributed by atoms with van der Waals surface area (Å²) < 4.78 is 12.6. The molecule has 0 aromatic heterocycles. The molecular formula is C9H12FNO. The van der Waals surface area contributed by atoms with Crippen LogP contribution in [0.4, 0.5) is 4.39 Å². The van der Waals surface area contributed by atoms with Gasteiger partial charge in [-0.3, -0.25) is 0 Å². The van der Waals surface area contributed by atoms with E-state index in [0.29, 0.717) is 12.1 Å². The topological polar surface area (TPSA) is 32.3 Å². The lowest BCUT2D eigenvalue weighted by atomic mass is 10.1. The molecule has 0 saturated carbocycles. The largest absolute Gasteiger partial charge is 0.387 e. The Morgan fingerprint density at radius 3 is 2.92 bits per heavy atom. The van der Waals surface area contributed by atoms with Crippen molar-refractivity contribution in [2.45, 2.75) is 6.10 Å². The van der Waals surface area contributed by atoms with Gasteiger partial charge in [-0.15, -0.1) is 0 Å². The Bertz CT molecular complexity index is 252. The highest BCUT2D eigenvalue weighted by atomic mass is 19.1. The zero-order valence-electron chi connectivity index (χ0n) is 6.92. The van der Waals surface area contributed by atoms with E-state index in [1.165, 1.54) is 12.1 Å². The van der Waals surface area contributed by atoms with Crippen molar-refractivity contribution >= 4 is 0 Å². The SMILES string of the molecule is CNC[C@@H](O)c1cccc(F)c1. The molecule has 1 rings (SSSR count). The highest BCUT2D eigenvalue weighted by Crippen LogP contribution is 2.12. The Morgan fingerprint density at radius 2 is 2.33 bits per heavy atom. The minimum absolute atomic E-state index is 0.317. The first-order valence-corrected chi connectivity index (χ1v) is 3.82. The molecule has 0 spiro atoms. The first kappa shape index (κ1) is 9.16. The van der Waals surface area contributed by atoms with Crippen LogP contribution in [-0.2, 0) is 0 Å². The third-order valence-corrected chi connectivity index (χ3v) is 1.63. The Balaban J connectivity index is 2.73. The maximum Gasteiger partial charge on any atom is 0.123 e. The molecule has 0 aliphatic rings. The second-order valence-corrected chi connectivity index (χ2v) is 2.63. The fraction of sp³-hybridized carbons (Fsp3) is 0.333. The molecule has 1 aromatic rings. The van der Waals surface area contributed by atoms with Crippen molar-refractivity contribution in [2.24, 2.45) is 0 Å². The van der Waals surface area contributed by atoms with Crippen LogP contribution in [0.15, 0.2) is 24.3 Å². The van der Waals surface area contributed by atoms with Crippen LogP contribution in [0.3, 0.4) is 0 Å². The van der Waals surface area contributed by atoms with Crippen molar-refractivity contribution in [3.8, 4) is 0 Å². The molecule has 2 N–H and O–H groups in total. The first-order chi connectivity index (χ1) is 5.74. The van der Waals surface area contributed by atoms with Crippen LogP contribution in [-0.4, -0.2) is 18.7 Å². The molecule has 0 aliphatic carbocycles. The molecule has 3 heteroatoms. The lowest BCUT2D eigenvalue weighted by Crippen LogP contribution is -2.16. The summed E-state index contributed by atoms with van der Waals surface area (Å²) in [7, 11) is 1.74. The zero-order chi connectivity index (χ0) is 8.97. The second kappa shape index (κ2) is 4.18. The zero-order valence-corrected chi connectivity index (χ0v) is 6.92.